The standard InChI is InChI=1S/C22H14F3NO4S/c1-29-18-8-3-2-7-16(18)26-20(27)19(31-21(26)28)12-15-9-10-17(30-15)13-5-4-6-14(11-13)22(23,24)25/h2-12H,1H3/b19-12-. The summed E-state index contributed by atoms with van der Waals surface area (Å²) >= 11 is 0.736. The summed E-state index contributed by atoms with van der Waals surface area (Å²) in [6, 6.07) is 14.4. The number of carbonyl (C=O) groups is 2. The molecule has 2 aromatic carbocycles. The van der Waals surface area contributed by atoms with Gasteiger partial charge < -0.3 is 9.15 Å². The predicted molar refractivity (Wildman–Crippen MR) is 111 cm³/mol. The van der Waals surface area contributed by atoms with Crippen molar-refractivity contribution in [1.82, 2.24) is 0 Å². The summed E-state index contributed by atoms with van der Waals surface area (Å²) in [5.74, 6) is 0.270. The lowest BCUT2D eigenvalue weighted by atomic mass is 10.1. The molecular formula is C22H14F3NO4S. The Labute approximate surface area is 179 Å². The van der Waals surface area contributed by atoms with E-state index < -0.39 is 22.9 Å². The van der Waals surface area contributed by atoms with Gasteiger partial charge in [0, 0.05) is 11.6 Å². The fraction of sp³-hybridized carbons (Fsp3) is 0.0909. The highest BCUT2D eigenvalue weighted by Gasteiger charge is 2.38. The van der Waals surface area contributed by atoms with E-state index >= 15 is 0 Å². The van der Waals surface area contributed by atoms with Gasteiger partial charge in [-0.25, -0.2) is 4.90 Å². The van der Waals surface area contributed by atoms with Gasteiger partial charge in [-0.3, -0.25) is 9.59 Å². The lowest BCUT2D eigenvalue weighted by Crippen LogP contribution is -2.28. The molecule has 1 aromatic heterocycles. The normalized spacial score (nSPS) is 15.7. The topological polar surface area (TPSA) is 59.8 Å². The summed E-state index contributed by atoms with van der Waals surface area (Å²) in [6.07, 6.45) is -3.08. The number of rotatable bonds is 4. The largest absolute Gasteiger partial charge is 0.495 e. The van der Waals surface area contributed by atoms with Crippen LogP contribution in [0.2, 0.25) is 0 Å². The molecular weight excluding hydrogens is 431 g/mol. The quantitative estimate of drug-likeness (QED) is 0.447. The first-order valence-corrected chi connectivity index (χ1v) is 9.78. The molecule has 0 radical (unpaired) electrons. The Kier molecular flexibility index (Phi) is 5.36. The monoisotopic (exact) mass is 445 g/mol. The summed E-state index contributed by atoms with van der Waals surface area (Å²) in [6.45, 7) is 0. The van der Waals surface area contributed by atoms with Gasteiger partial charge in [0.2, 0.25) is 0 Å². The van der Waals surface area contributed by atoms with Crippen molar-refractivity contribution in [3.05, 3.63) is 76.9 Å². The van der Waals surface area contributed by atoms with E-state index in [9.17, 15) is 22.8 Å². The van der Waals surface area contributed by atoms with E-state index in [-0.39, 0.29) is 22.0 Å². The highest BCUT2D eigenvalue weighted by atomic mass is 32.2. The van der Waals surface area contributed by atoms with Crippen LogP contribution >= 0.6 is 11.8 Å². The van der Waals surface area contributed by atoms with Gasteiger partial charge in [-0.2, -0.15) is 13.2 Å². The van der Waals surface area contributed by atoms with Crippen LogP contribution in [0.3, 0.4) is 0 Å². The summed E-state index contributed by atoms with van der Waals surface area (Å²) < 4.78 is 49.7. The fourth-order valence-electron chi connectivity index (χ4n) is 3.05. The van der Waals surface area contributed by atoms with Gasteiger partial charge in [0.1, 0.15) is 17.3 Å². The van der Waals surface area contributed by atoms with Gasteiger partial charge in [-0.1, -0.05) is 24.3 Å². The third kappa shape index (κ3) is 4.09. The number of amides is 2. The van der Waals surface area contributed by atoms with Crippen LogP contribution in [-0.4, -0.2) is 18.3 Å². The smallest absolute Gasteiger partial charge is 0.416 e. The van der Waals surface area contributed by atoms with Crippen molar-refractivity contribution in [2.24, 2.45) is 0 Å². The molecule has 1 aliphatic rings. The van der Waals surface area contributed by atoms with Crippen LogP contribution in [0.5, 0.6) is 5.75 Å². The second kappa shape index (κ2) is 7.99. The van der Waals surface area contributed by atoms with Gasteiger partial charge in [-0.15, -0.1) is 0 Å². The molecule has 158 valence electrons. The third-order valence-electron chi connectivity index (χ3n) is 4.49. The molecule has 31 heavy (non-hydrogen) atoms. The number of methoxy groups -OCH3 is 1. The third-order valence-corrected chi connectivity index (χ3v) is 5.36. The number of anilines is 1. The molecule has 2 heterocycles. The average molecular weight is 445 g/mol. The molecule has 0 aliphatic carbocycles. The van der Waals surface area contributed by atoms with Crippen molar-refractivity contribution in [3.8, 4) is 17.1 Å². The van der Waals surface area contributed by atoms with Crippen LogP contribution in [0.4, 0.5) is 23.7 Å². The number of furan rings is 1. The van der Waals surface area contributed by atoms with Gasteiger partial charge >= 0.3 is 6.18 Å². The van der Waals surface area contributed by atoms with Gasteiger partial charge in [0.05, 0.1) is 23.3 Å². The van der Waals surface area contributed by atoms with E-state index in [1.165, 1.54) is 37.5 Å². The lowest BCUT2D eigenvalue weighted by Gasteiger charge is -2.15. The van der Waals surface area contributed by atoms with Crippen molar-refractivity contribution >= 4 is 34.7 Å². The molecule has 0 spiro atoms. The Morgan fingerprint density at radius 3 is 2.55 bits per heavy atom. The molecule has 0 bridgehead atoms. The maximum Gasteiger partial charge on any atom is 0.416 e. The zero-order chi connectivity index (χ0) is 22.2. The number of hydrogen-bond donors (Lipinski definition) is 0. The zero-order valence-electron chi connectivity index (χ0n) is 16.0. The van der Waals surface area contributed by atoms with E-state index in [1.54, 1.807) is 24.3 Å². The molecule has 9 heteroatoms. The Balaban J connectivity index is 1.62. The van der Waals surface area contributed by atoms with Crippen molar-refractivity contribution in [1.29, 1.82) is 0 Å². The number of para-hydroxylation sites is 2. The minimum Gasteiger partial charge on any atom is -0.495 e. The minimum absolute atomic E-state index is 0.126. The van der Waals surface area contributed by atoms with E-state index in [2.05, 4.69) is 0 Å². The first kappa shape index (κ1) is 20.8. The molecule has 3 aromatic rings. The van der Waals surface area contributed by atoms with Crippen LogP contribution in [0.1, 0.15) is 11.3 Å². The molecule has 1 saturated heterocycles. The Morgan fingerprint density at radius 1 is 1.03 bits per heavy atom. The van der Waals surface area contributed by atoms with Crippen molar-refractivity contribution in [2.75, 3.05) is 12.0 Å². The summed E-state index contributed by atoms with van der Waals surface area (Å²) in [5, 5.41) is -0.495. The molecule has 1 aliphatic heterocycles. The van der Waals surface area contributed by atoms with Gasteiger partial charge in [0.15, 0.2) is 0 Å². The number of imide groups is 1. The minimum atomic E-state index is -4.47. The molecule has 1 fully saturated rings. The first-order chi connectivity index (χ1) is 14.8. The van der Waals surface area contributed by atoms with E-state index in [4.69, 9.17) is 9.15 Å². The number of halogens is 3. The summed E-state index contributed by atoms with van der Waals surface area (Å²) in [7, 11) is 1.44. The van der Waals surface area contributed by atoms with Crippen molar-refractivity contribution in [2.45, 2.75) is 6.18 Å². The van der Waals surface area contributed by atoms with E-state index in [0.717, 1.165) is 28.8 Å². The van der Waals surface area contributed by atoms with Gasteiger partial charge in [-0.05, 0) is 48.2 Å². The van der Waals surface area contributed by atoms with E-state index in [0.29, 0.717) is 11.4 Å². The number of ether oxygens (including phenoxy) is 1. The highest BCUT2D eigenvalue weighted by molar-refractivity contribution is 8.19. The molecule has 2 amide bonds. The number of carbonyl (C=O) groups excluding carboxylic acids is 2. The number of thioether (sulfide) groups is 1. The summed E-state index contributed by atoms with van der Waals surface area (Å²) in [4.78, 5) is 26.4. The van der Waals surface area contributed by atoms with Crippen LogP contribution in [0.15, 0.2) is 70.0 Å². The molecule has 0 saturated carbocycles. The lowest BCUT2D eigenvalue weighted by molar-refractivity contribution is -0.137. The summed E-state index contributed by atoms with van der Waals surface area (Å²) in [5.41, 5.74) is -0.225. The number of benzene rings is 2. The second-order valence-electron chi connectivity index (χ2n) is 6.47. The second-order valence-corrected chi connectivity index (χ2v) is 7.46. The number of alkyl halides is 3. The van der Waals surface area contributed by atoms with Gasteiger partial charge in [0.25, 0.3) is 11.1 Å². The van der Waals surface area contributed by atoms with Crippen LogP contribution < -0.4 is 9.64 Å². The number of nitrogens with zero attached hydrogens (tertiary/aromatic N) is 1. The maximum atomic E-state index is 12.9. The predicted octanol–water partition coefficient (Wildman–Crippen LogP) is 6.21. The van der Waals surface area contributed by atoms with Crippen molar-refractivity contribution in [3.63, 3.8) is 0 Å². The Morgan fingerprint density at radius 2 is 1.81 bits per heavy atom. The number of hydrogen-bond acceptors (Lipinski definition) is 5. The maximum absolute atomic E-state index is 12.9. The Hall–Kier alpha value is -3.46. The molecule has 0 unspecified atom stereocenters. The van der Waals surface area contributed by atoms with E-state index in [1.807, 2.05) is 0 Å². The Bertz CT molecular complexity index is 1200. The molecule has 5 nitrogen and oxygen atoms in total. The molecule has 4 rings (SSSR count). The highest BCUT2D eigenvalue weighted by Crippen LogP contribution is 2.40. The van der Waals surface area contributed by atoms with Crippen molar-refractivity contribution < 1.29 is 31.9 Å². The fourth-order valence-corrected chi connectivity index (χ4v) is 3.87. The van der Waals surface area contributed by atoms with Crippen LogP contribution in [0, 0.1) is 0 Å². The zero-order valence-corrected chi connectivity index (χ0v) is 16.8. The SMILES string of the molecule is COc1ccccc1N1C(=O)S/C(=C\c2ccc(-c3cccc(C(F)(F)F)c3)o2)C1=O. The first-order valence-electron chi connectivity index (χ1n) is 8.96. The van der Waals surface area contributed by atoms with Crippen LogP contribution in [-0.2, 0) is 11.0 Å². The average Bonchev–Trinajstić information content (AvgIpc) is 3.32. The molecule has 0 atom stereocenters. The molecule has 0 N–H and O–H groups in total. The van der Waals surface area contributed by atoms with Crippen LogP contribution in [0.25, 0.3) is 17.4 Å².